The van der Waals surface area contributed by atoms with E-state index in [0.717, 1.165) is 16.0 Å². The second-order valence-corrected chi connectivity index (χ2v) is 5.15. The van der Waals surface area contributed by atoms with Crippen LogP contribution in [0.2, 0.25) is 0 Å². The molecule has 0 aliphatic heterocycles. The van der Waals surface area contributed by atoms with Crippen LogP contribution in [0, 0.1) is 16.1 Å². The summed E-state index contributed by atoms with van der Waals surface area (Å²) < 4.78 is 2.61. The van der Waals surface area contributed by atoms with Gasteiger partial charge in [-0.25, -0.2) is 4.98 Å². The fourth-order valence-corrected chi connectivity index (χ4v) is 2.72. The van der Waals surface area contributed by atoms with E-state index in [1.807, 2.05) is 22.1 Å². The van der Waals surface area contributed by atoms with Crippen molar-refractivity contribution in [2.24, 2.45) is 0 Å². The van der Waals surface area contributed by atoms with Gasteiger partial charge in [0.2, 0.25) is 0 Å². The van der Waals surface area contributed by atoms with Gasteiger partial charge >= 0.3 is 0 Å². The minimum absolute atomic E-state index is 0.629. The lowest BCUT2D eigenvalue weighted by Crippen LogP contribution is -1.99. The molecule has 2 heterocycles. The van der Waals surface area contributed by atoms with E-state index in [1.54, 1.807) is 23.6 Å². The molecule has 4 nitrogen and oxygen atoms in total. The molecule has 0 fully saturated rings. The average molecular weight is 272 g/mol. The first kappa shape index (κ1) is 11.1. The first-order valence-corrected chi connectivity index (χ1v) is 6.58. The van der Waals surface area contributed by atoms with Crippen molar-refractivity contribution in [3.63, 3.8) is 0 Å². The van der Waals surface area contributed by atoms with Crippen molar-refractivity contribution < 1.29 is 0 Å². The standard InChI is InChI=1S/C12H8N4S2/c13-6-8-1-2-9-10(5-8)16(12(17)15-9)7-11-14-3-4-18-11/h1-5H,7H2,(H,15,17). The van der Waals surface area contributed by atoms with E-state index >= 15 is 0 Å². The summed E-state index contributed by atoms with van der Waals surface area (Å²) in [5, 5.41) is 11.9. The lowest BCUT2D eigenvalue weighted by molar-refractivity contribution is 0.803. The predicted molar refractivity (Wildman–Crippen MR) is 73.1 cm³/mol. The topological polar surface area (TPSA) is 57.4 Å². The monoisotopic (exact) mass is 272 g/mol. The fourth-order valence-electron chi connectivity index (χ4n) is 1.85. The van der Waals surface area contributed by atoms with E-state index in [1.165, 1.54) is 0 Å². The smallest absolute Gasteiger partial charge is 0.178 e. The molecule has 18 heavy (non-hydrogen) atoms. The van der Waals surface area contributed by atoms with Crippen molar-refractivity contribution in [1.29, 1.82) is 5.26 Å². The normalized spacial score (nSPS) is 10.6. The van der Waals surface area contributed by atoms with Gasteiger partial charge in [0.15, 0.2) is 4.77 Å². The summed E-state index contributed by atoms with van der Waals surface area (Å²) in [4.78, 5) is 7.39. The van der Waals surface area contributed by atoms with Gasteiger partial charge in [-0.3, -0.25) is 0 Å². The van der Waals surface area contributed by atoms with Crippen LogP contribution in [0.4, 0.5) is 0 Å². The summed E-state index contributed by atoms with van der Waals surface area (Å²) in [6.07, 6.45) is 1.78. The van der Waals surface area contributed by atoms with E-state index in [-0.39, 0.29) is 0 Å². The maximum absolute atomic E-state index is 8.95. The second kappa shape index (κ2) is 4.37. The molecule has 0 unspecified atom stereocenters. The number of benzene rings is 1. The Bertz CT molecular complexity index is 790. The highest BCUT2D eigenvalue weighted by Crippen LogP contribution is 2.18. The number of aromatic amines is 1. The number of rotatable bonds is 2. The molecule has 0 spiro atoms. The van der Waals surface area contributed by atoms with Gasteiger partial charge < -0.3 is 9.55 Å². The Hall–Kier alpha value is -1.97. The molecule has 2 aromatic heterocycles. The summed E-state index contributed by atoms with van der Waals surface area (Å²) >= 11 is 6.90. The van der Waals surface area contributed by atoms with Crippen LogP contribution in [0.15, 0.2) is 29.8 Å². The summed E-state index contributed by atoms with van der Waals surface area (Å²) in [5.41, 5.74) is 2.51. The number of hydrogen-bond donors (Lipinski definition) is 1. The number of nitrogens with one attached hydrogen (secondary N) is 1. The number of H-pyrrole nitrogens is 1. The number of fused-ring (bicyclic) bond motifs is 1. The maximum Gasteiger partial charge on any atom is 0.178 e. The van der Waals surface area contributed by atoms with Crippen molar-refractivity contribution in [3.8, 4) is 6.07 Å². The van der Waals surface area contributed by atoms with Gasteiger partial charge in [-0.2, -0.15) is 5.26 Å². The molecule has 0 aliphatic rings. The van der Waals surface area contributed by atoms with Gasteiger partial charge in [0.05, 0.1) is 29.2 Å². The first-order chi connectivity index (χ1) is 8.78. The molecule has 0 aliphatic carbocycles. The Morgan fingerprint density at radius 1 is 1.50 bits per heavy atom. The van der Waals surface area contributed by atoms with E-state index in [9.17, 15) is 0 Å². The summed E-state index contributed by atoms with van der Waals surface area (Å²) in [7, 11) is 0. The van der Waals surface area contributed by atoms with Crippen LogP contribution in [0.1, 0.15) is 10.6 Å². The van der Waals surface area contributed by atoms with E-state index in [4.69, 9.17) is 17.5 Å². The van der Waals surface area contributed by atoms with Crippen LogP contribution < -0.4 is 0 Å². The van der Waals surface area contributed by atoms with Crippen molar-refractivity contribution in [3.05, 3.63) is 45.1 Å². The molecule has 0 saturated heterocycles. The Kier molecular flexibility index (Phi) is 2.70. The molecule has 0 radical (unpaired) electrons. The van der Waals surface area contributed by atoms with Crippen LogP contribution in [0.25, 0.3) is 11.0 Å². The minimum atomic E-state index is 0.629. The third kappa shape index (κ3) is 1.83. The fraction of sp³-hybridized carbons (Fsp3) is 0.0833. The second-order valence-electron chi connectivity index (χ2n) is 3.79. The van der Waals surface area contributed by atoms with Gasteiger partial charge in [0, 0.05) is 11.6 Å². The number of thiazole rings is 1. The van der Waals surface area contributed by atoms with Gasteiger partial charge in [0.25, 0.3) is 0 Å². The quantitative estimate of drug-likeness (QED) is 0.729. The van der Waals surface area contributed by atoms with Gasteiger partial charge in [-0.1, -0.05) is 0 Å². The van der Waals surface area contributed by atoms with Gasteiger partial charge in [0.1, 0.15) is 5.01 Å². The molecular formula is C12H8N4S2. The molecule has 6 heteroatoms. The van der Waals surface area contributed by atoms with Crippen LogP contribution in [0.5, 0.6) is 0 Å². The number of hydrogen-bond acceptors (Lipinski definition) is 4. The van der Waals surface area contributed by atoms with E-state index < -0.39 is 0 Å². The minimum Gasteiger partial charge on any atom is -0.331 e. The highest BCUT2D eigenvalue weighted by Gasteiger charge is 2.07. The van der Waals surface area contributed by atoms with Crippen molar-refractivity contribution >= 4 is 34.6 Å². The molecule has 88 valence electrons. The Morgan fingerprint density at radius 2 is 2.39 bits per heavy atom. The van der Waals surface area contributed by atoms with Crippen LogP contribution >= 0.6 is 23.6 Å². The van der Waals surface area contributed by atoms with Crippen LogP contribution in [0.3, 0.4) is 0 Å². The average Bonchev–Trinajstić information content (AvgIpc) is 2.99. The predicted octanol–water partition coefficient (Wildman–Crippen LogP) is 3.08. The molecule has 3 aromatic rings. The molecule has 0 amide bonds. The highest BCUT2D eigenvalue weighted by atomic mass is 32.1. The molecule has 3 rings (SSSR count). The number of aromatic nitrogens is 3. The van der Waals surface area contributed by atoms with Crippen LogP contribution in [-0.2, 0) is 6.54 Å². The Balaban J connectivity index is 2.18. The SMILES string of the molecule is N#Cc1ccc2[nH]c(=S)n(Cc3nccs3)c2c1. The third-order valence-electron chi connectivity index (χ3n) is 2.68. The van der Waals surface area contributed by atoms with Crippen molar-refractivity contribution in [1.82, 2.24) is 14.5 Å². The lowest BCUT2D eigenvalue weighted by Gasteiger charge is -2.01. The van der Waals surface area contributed by atoms with Crippen molar-refractivity contribution in [2.45, 2.75) is 6.54 Å². The summed E-state index contributed by atoms with van der Waals surface area (Å²) in [5.74, 6) is 0. The van der Waals surface area contributed by atoms with Gasteiger partial charge in [-0.15, -0.1) is 11.3 Å². The summed E-state index contributed by atoms with van der Waals surface area (Å²) in [6.45, 7) is 0.630. The molecule has 1 N–H and O–H groups in total. The van der Waals surface area contributed by atoms with E-state index in [2.05, 4.69) is 16.0 Å². The highest BCUT2D eigenvalue weighted by molar-refractivity contribution is 7.71. The number of nitrogens with zero attached hydrogens (tertiary/aromatic N) is 3. The molecule has 0 atom stereocenters. The van der Waals surface area contributed by atoms with Gasteiger partial charge in [-0.05, 0) is 30.4 Å². The molecular weight excluding hydrogens is 264 g/mol. The van der Waals surface area contributed by atoms with Crippen LogP contribution in [-0.4, -0.2) is 14.5 Å². The number of nitriles is 1. The molecule has 1 aromatic carbocycles. The zero-order valence-corrected chi connectivity index (χ0v) is 10.9. The first-order valence-electron chi connectivity index (χ1n) is 5.29. The zero-order chi connectivity index (χ0) is 12.5. The summed E-state index contributed by atoms with van der Waals surface area (Å²) in [6, 6.07) is 7.64. The Labute approximate surface area is 112 Å². The third-order valence-corrected chi connectivity index (χ3v) is 3.77. The van der Waals surface area contributed by atoms with E-state index in [0.29, 0.717) is 16.9 Å². The Morgan fingerprint density at radius 3 is 3.11 bits per heavy atom. The maximum atomic E-state index is 8.95. The van der Waals surface area contributed by atoms with Crippen molar-refractivity contribution in [2.75, 3.05) is 0 Å². The lowest BCUT2D eigenvalue weighted by atomic mass is 10.2. The molecule has 0 saturated carbocycles. The number of imidazole rings is 1. The molecule has 0 bridgehead atoms. The largest absolute Gasteiger partial charge is 0.331 e. The zero-order valence-electron chi connectivity index (χ0n) is 9.25.